The highest BCUT2D eigenvalue weighted by Crippen LogP contribution is 2.28. The Morgan fingerprint density at radius 3 is 2.15 bits per heavy atom. The standard InChI is InChI=1S/C13H18F2N2O2S/c1-20(18,19)11-4-2-10(3-5-11)12(13(14)15)17-8-6-16-7-9-17/h2-5,12-13,16H,6-9H2,1H3/t12-/m1/s1. The molecule has 2 rings (SSSR count). The van der Waals surface area contributed by atoms with Gasteiger partial charge in [-0.05, 0) is 17.7 Å². The van der Waals surface area contributed by atoms with Crippen LogP contribution in [0.2, 0.25) is 0 Å². The van der Waals surface area contributed by atoms with Gasteiger partial charge < -0.3 is 5.32 Å². The van der Waals surface area contributed by atoms with Crippen LogP contribution in [0.5, 0.6) is 0 Å². The molecule has 1 aliphatic heterocycles. The van der Waals surface area contributed by atoms with Gasteiger partial charge in [-0.25, -0.2) is 17.2 Å². The minimum atomic E-state index is -3.30. The van der Waals surface area contributed by atoms with Gasteiger partial charge in [-0.1, -0.05) is 12.1 Å². The molecule has 0 radical (unpaired) electrons. The fourth-order valence-electron chi connectivity index (χ4n) is 2.39. The van der Waals surface area contributed by atoms with Crippen molar-refractivity contribution in [1.29, 1.82) is 0 Å². The number of rotatable bonds is 4. The Labute approximate surface area is 117 Å². The van der Waals surface area contributed by atoms with Gasteiger partial charge in [0.25, 0.3) is 6.43 Å². The van der Waals surface area contributed by atoms with E-state index in [0.717, 1.165) is 6.26 Å². The average Bonchev–Trinajstić information content (AvgIpc) is 2.39. The second kappa shape index (κ2) is 6.15. The van der Waals surface area contributed by atoms with Crippen LogP contribution in [0.4, 0.5) is 8.78 Å². The van der Waals surface area contributed by atoms with Gasteiger partial charge in [0.15, 0.2) is 9.84 Å². The molecular formula is C13H18F2N2O2S. The SMILES string of the molecule is CS(=O)(=O)c1ccc([C@H](C(F)F)N2CCNCC2)cc1. The van der Waals surface area contributed by atoms with Crippen LogP contribution in [0, 0.1) is 0 Å². The van der Waals surface area contributed by atoms with Gasteiger partial charge in [0, 0.05) is 32.4 Å². The third-order valence-corrected chi connectivity index (χ3v) is 4.56. The van der Waals surface area contributed by atoms with Crippen LogP contribution in [-0.4, -0.2) is 52.2 Å². The lowest BCUT2D eigenvalue weighted by atomic mass is 10.1. The number of halogens is 2. The smallest absolute Gasteiger partial charge is 0.258 e. The van der Waals surface area contributed by atoms with Crippen LogP contribution in [0.3, 0.4) is 0 Å². The monoisotopic (exact) mass is 304 g/mol. The summed E-state index contributed by atoms with van der Waals surface area (Å²) < 4.78 is 49.4. The van der Waals surface area contributed by atoms with E-state index in [2.05, 4.69) is 5.32 Å². The van der Waals surface area contributed by atoms with E-state index in [0.29, 0.717) is 31.7 Å². The summed E-state index contributed by atoms with van der Waals surface area (Å²) in [5.74, 6) is 0. The van der Waals surface area contributed by atoms with E-state index in [1.165, 1.54) is 24.3 Å². The van der Waals surface area contributed by atoms with E-state index in [9.17, 15) is 17.2 Å². The van der Waals surface area contributed by atoms with Crippen molar-refractivity contribution in [3.8, 4) is 0 Å². The van der Waals surface area contributed by atoms with Gasteiger partial charge in [0.1, 0.15) is 0 Å². The molecule has 0 spiro atoms. The Morgan fingerprint density at radius 2 is 1.70 bits per heavy atom. The molecule has 0 aromatic heterocycles. The van der Waals surface area contributed by atoms with Gasteiger partial charge in [-0.15, -0.1) is 0 Å². The van der Waals surface area contributed by atoms with Crippen molar-refractivity contribution in [1.82, 2.24) is 10.2 Å². The van der Waals surface area contributed by atoms with Crippen LogP contribution < -0.4 is 5.32 Å². The molecule has 0 unspecified atom stereocenters. The van der Waals surface area contributed by atoms with E-state index in [1.54, 1.807) is 4.90 Å². The summed E-state index contributed by atoms with van der Waals surface area (Å²) >= 11 is 0. The number of nitrogens with zero attached hydrogens (tertiary/aromatic N) is 1. The van der Waals surface area contributed by atoms with Crippen molar-refractivity contribution in [2.24, 2.45) is 0 Å². The number of alkyl halides is 2. The zero-order valence-electron chi connectivity index (χ0n) is 11.2. The molecule has 0 aliphatic carbocycles. The molecule has 0 saturated carbocycles. The maximum atomic E-state index is 13.3. The second-order valence-corrected chi connectivity index (χ2v) is 6.92. The van der Waals surface area contributed by atoms with E-state index in [4.69, 9.17) is 0 Å². The summed E-state index contributed by atoms with van der Waals surface area (Å²) in [5, 5.41) is 3.12. The van der Waals surface area contributed by atoms with Crippen molar-refractivity contribution in [2.45, 2.75) is 17.4 Å². The van der Waals surface area contributed by atoms with Crippen LogP contribution >= 0.6 is 0 Å². The number of piperazine rings is 1. The largest absolute Gasteiger partial charge is 0.314 e. The Bertz CT molecular complexity index is 540. The van der Waals surface area contributed by atoms with Gasteiger partial charge in [0.2, 0.25) is 0 Å². The van der Waals surface area contributed by atoms with E-state index < -0.39 is 22.3 Å². The first-order valence-corrected chi connectivity index (χ1v) is 8.31. The maximum Gasteiger partial charge on any atom is 0.258 e. The summed E-state index contributed by atoms with van der Waals surface area (Å²) in [7, 11) is -3.30. The summed E-state index contributed by atoms with van der Waals surface area (Å²) in [5.41, 5.74) is 0.453. The second-order valence-electron chi connectivity index (χ2n) is 4.91. The Hall–Kier alpha value is -1.05. The summed E-state index contributed by atoms with van der Waals surface area (Å²) in [6.07, 6.45) is -1.40. The molecule has 1 saturated heterocycles. The topological polar surface area (TPSA) is 49.4 Å². The highest BCUT2D eigenvalue weighted by Gasteiger charge is 2.30. The van der Waals surface area contributed by atoms with Gasteiger partial charge in [-0.2, -0.15) is 0 Å². The zero-order chi connectivity index (χ0) is 14.8. The molecule has 7 heteroatoms. The molecule has 1 aromatic rings. The predicted molar refractivity (Wildman–Crippen MR) is 72.7 cm³/mol. The highest BCUT2D eigenvalue weighted by atomic mass is 32.2. The van der Waals surface area contributed by atoms with Crippen molar-refractivity contribution < 1.29 is 17.2 Å². The molecule has 1 aromatic carbocycles. The number of benzene rings is 1. The molecule has 1 atom stereocenters. The molecular weight excluding hydrogens is 286 g/mol. The quantitative estimate of drug-likeness (QED) is 0.911. The fourth-order valence-corrected chi connectivity index (χ4v) is 3.02. The number of hydrogen-bond acceptors (Lipinski definition) is 4. The zero-order valence-corrected chi connectivity index (χ0v) is 12.0. The number of hydrogen-bond donors (Lipinski definition) is 1. The summed E-state index contributed by atoms with van der Waals surface area (Å²) in [4.78, 5) is 1.88. The molecule has 1 aliphatic rings. The minimum Gasteiger partial charge on any atom is -0.314 e. The molecule has 1 heterocycles. The third-order valence-electron chi connectivity index (χ3n) is 3.43. The lowest BCUT2D eigenvalue weighted by molar-refractivity contribution is 0.0181. The summed E-state index contributed by atoms with van der Waals surface area (Å²) in [6, 6.07) is 4.76. The Morgan fingerprint density at radius 1 is 1.15 bits per heavy atom. The average molecular weight is 304 g/mol. The number of nitrogens with one attached hydrogen (secondary N) is 1. The summed E-state index contributed by atoms with van der Waals surface area (Å²) in [6.45, 7) is 2.49. The highest BCUT2D eigenvalue weighted by molar-refractivity contribution is 7.90. The maximum absolute atomic E-state index is 13.3. The number of sulfone groups is 1. The predicted octanol–water partition coefficient (Wildman–Crippen LogP) is 1.30. The van der Waals surface area contributed by atoms with Crippen molar-refractivity contribution in [2.75, 3.05) is 32.4 Å². The third kappa shape index (κ3) is 3.53. The van der Waals surface area contributed by atoms with E-state index in [1.807, 2.05) is 0 Å². The molecule has 4 nitrogen and oxygen atoms in total. The normalized spacial score (nSPS) is 19.2. The first-order chi connectivity index (χ1) is 9.39. The van der Waals surface area contributed by atoms with Crippen LogP contribution in [0.25, 0.3) is 0 Å². The van der Waals surface area contributed by atoms with Crippen LogP contribution in [0.15, 0.2) is 29.2 Å². The minimum absolute atomic E-state index is 0.148. The Balaban J connectivity index is 2.25. The van der Waals surface area contributed by atoms with Crippen molar-refractivity contribution >= 4 is 9.84 Å². The van der Waals surface area contributed by atoms with Crippen LogP contribution in [0.1, 0.15) is 11.6 Å². The molecule has 1 N–H and O–H groups in total. The lowest BCUT2D eigenvalue weighted by Gasteiger charge is -2.34. The molecule has 112 valence electrons. The van der Waals surface area contributed by atoms with E-state index >= 15 is 0 Å². The first kappa shape index (κ1) is 15.3. The van der Waals surface area contributed by atoms with Gasteiger partial charge in [0.05, 0.1) is 10.9 Å². The molecule has 0 bridgehead atoms. The molecule has 20 heavy (non-hydrogen) atoms. The molecule has 1 fully saturated rings. The van der Waals surface area contributed by atoms with Crippen molar-refractivity contribution in [3.63, 3.8) is 0 Å². The first-order valence-electron chi connectivity index (χ1n) is 6.42. The molecule has 0 amide bonds. The van der Waals surface area contributed by atoms with E-state index in [-0.39, 0.29) is 4.90 Å². The van der Waals surface area contributed by atoms with Crippen LogP contribution in [-0.2, 0) is 9.84 Å². The Kier molecular flexibility index (Phi) is 4.72. The fraction of sp³-hybridized carbons (Fsp3) is 0.538. The lowest BCUT2D eigenvalue weighted by Crippen LogP contribution is -2.46. The van der Waals surface area contributed by atoms with Gasteiger partial charge >= 0.3 is 0 Å². The van der Waals surface area contributed by atoms with Gasteiger partial charge in [-0.3, -0.25) is 4.90 Å². The van der Waals surface area contributed by atoms with Crippen molar-refractivity contribution in [3.05, 3.63) is 29.8 Å².